The Hall–Kier alpha value is -3.27. The summed E-state index contributed by atoms with van der Waals surface area (Å²) in [5.74, 6) is -0.355. The van der Waals surface area contributed by atoms with E-state index in [4.69, 9.17) is 0 Å². The summed E-state index contributed by atoms with van der Waals surface area (Å²) < 4.78 is 29.0. The lowest BCUT2D eigenvalue weighted by molar-refractivity contribution is 0.102. The van der Waals surface area contributed by atoms with Gasteiger partial charge in [-0.3, -0.25) is 4.79 Å². The van der Waals surface area contributed by atoms with Crippen LogP contribution < -0.4 is 10.2 Å². The molecule has 1 aliphatic rings. The van der Waals surface area contributed by atoms with Crippen molar-refractivity contribution >= 4 is 48.9 Å². The standard InChI is InChI=1S/C25H24N4O3S2/c1-18-26-23-11-10-20(17-24(23)33-18)27-25(30)19-6-5-9-22(16-19)34(31,32)29-14-12-28(13-15-29)21-7-3-2-4-8-21/h2-11,16-17H,12-15H2,1H3,(H,27,30). The maximum absolute atomic E-state index is 13.3. The van der Waals surface area contributed by atoms with Crippen LogP contribution in [0.5, 0.6) is 0 Å². The number of amides is 1. The highest BCUT2D eigenvalue weighted by molar-refractivity contribution is 7.89. The van der Waals surface area contributed by atoms with E-state index in [1.165, 1.54) is 10.4 Å². The number of nitrogens with zero attached hydrogens (tertiary/aromatic N) is 3. The average Bonchev–Trinajstić information content (AvgIpc) is 3.24. The van der Waals surface area contributed by atoms with Gasteiger partial charge in [-0.2, -0.15) is 4.31 Å². The molecule has 1 amide bonds. The number of benzene rings is 3. The minimum absolute atomic E-state index is 0.127. The molecule has 7 nitrogen and oxygen atoms in total. The summed E-state index contributed by atoms with van der Waals surface area (Å²) in [6.45, 7) is 3.95. The molecular formula is C25H24N4O3S2. The van der Waals surface area contributed by atoms with Gasteiger partial charge in [0, 0.05) is 43.1 Å². The number of sulfonamides is 1. The minimum atomic E-state index is -3.70. The number of thiazole rings is 1. The van der Waals surface area contributed by atoms with Gasteiger partial charge in [0.1, 0.15) is 0 Å². The number of piperazine rings is 1. The highest BCUT2D eigenvalue weighted by atomic mass is 32.2. The molecule has 3 aromatic carbocycles. The van der Waals surface area contributed by atoms with E-state index in [2.05, 4.69) is 15.2 Å². The van der Waals surface area contributed by atoms with E-state index in [0.29, 0.717) is 37.4 Å². The third-order valence-electron chi connectivity index (χ3n) is 5.85. The van der Waals surface area contributed by atoms with Crippen molar-refractivity contribution in [2.75, 3.05) is 36.4 Å². The molecule has 1 saturated heterocycles. The number of carbonyl (C=O) groups is 1. The average molecular weight is 493 g/mol. The predicted molar refractivity (Wildman–Crippen MR) is 136 cm³/mol. The quantitative estimate of drug-likeness (QED) is 0.447. The molecule has 1 aliphatic heterocycles. The third kappa shape index (κ3) is 4.54. The van der Waals surface area contributed by atoms with Gasteiger partial charge in [-0.05, 0) is 55.5 Å². The summed E-state index contributed by atoms with van der Waals surface area (Å²) in [6.07, 6.45) is 0. The summed E-state index contributed by atoms with van der Waals surface area (Å²) in [5, 5.41) is 3.83. The Bertz CT molecular complexity index is 1440. The Kier molecular flexibility index (Phi) is 6.07. The van der Waals surface area contributed by atoms with E-state index in [1.807, 2.05) is 49.4 Å². The molecule has 0 unspecified atom stereocenters. The van der Waals surface area contributed by atoms with Gasteiger partial charge in [0.25, 0.3) is 5.91 Å². The van der Waals surface area contributed by atoms with Gasteiger partial charge in [0.15, 0.2) is 0 Å². The zero-order valence-corrected chi connectivity index (χ0v) is 20.3. The second-order valence-electron chi connectivity index (χ2n) is 8.12. The van der Waals surface area contributed by atoms with E-state index in [1.54, 1.807) is 35.6 Å². The fourth-order valence-corrected chi connectivity index (χ4v) is 6.43. The van der Waals surface area contributed by atoms with Gasteiger partial charge in [-0.15, -0.1) is 11.3 Å². The van der Waals surface area contributed by atoms with Gasteiger partial charge in [0.05, 0.1) is 20.1 Å². The number of hydrogen-bond acceptors (Lipinski definition) is 6. The Labute approximate surface area is 202 Å². The number of nitrogens with one attached hydrogen (secondary N) is 1. The van der Waals surface area contributed by atoms with Crippen LogP contribution in [-0.4, -0.2) is 49.8 Å². The molecular weight excluding hydrogens is 468 g/mol. The second-order valence-corrected chi connectivity index (χ2v) is 11.3. The second kappa shape index (κ2) is 9.17. The van der Waals surface area contributed by atoms with Crippen molar-refractivity contribution in [3.05, 3.63) is 83.4 Å². The van der Waals surface area contributed by atoms with Gasteiger partial charge in [0.2, 0.25) is 10.0 Å². The highest BCUT2D eigenvalue weighted by Gasteiger charge is 2.29. The van der Waals surface area contributed by atoms with E-state index >= 15 is 0 Å². The summed E-state index contributed by atoms with van der Waals surface area (Å²) in [6, 6.07) is 21.7. The third-order valence-corrected chi connectivity index (χ3v) is 8.68. The zero-order chi connectivity index (χ0) is 23.7. The number of rotatable bonds is 5. The van der Waals surface area contributed by atoms with Crippen LogP contribution in [0.15, 0.2) is 77.7 Å². The molecule has 9 heteroatoms. The number of anilines is 2. The van der Waals surface area contributed by atoms with Gasteiger partial charge in [-0.1, -0.05) is 24.3 Å². The molecule has 0 aliphatic carbocycles. The van der Waals surface area contributed by atoms with Crippen LogP contribution in [0.3, 0.4) is 0 Å². The first-order valence-corrected chi connectivity index (χ1v) is 13.2. The van der Waals surface area contributed by atoms with Crippen molar-refractivity contribution in [2.24, 2.45) is 0 Å². The van der Waals surface area contributed by atoms with E-state index in [-0.39, 0.29) is 10.8 Å². The lowest BCUT2D eigenvalue weighted by Gasteiger charge is -2.35. The Morgan fingerprint density at radius 3 is 2.47 bits per heavy atom. The van der Waals surface area contributed by atoms with Gasteiger partial charge in [-0.25, -0.2) is 13.4 Å². The number of carbonyl (C=O) groups excluding carboxylic acids is 1. The SMILES string of the molecule is Cc1nc2ccc(NC(=O)c3cccc(S(=O)(=O)N4CCN(c5ccccc5)CC4)c3)cc2s1. The van der Waals surface area contributed by atoms with Crippen LogP contribution in [0, 0.1) is 6.92 Å². The van der Waals surface area contributed by atoms with Crippen molar-refractivity contribution in [3.63, 3.8) is 0 Å². The molecule has 4 aromatic rings. The fraction of sp³-hybridized carbons (Fsp3) is 0.200. The van der Waals surface area contributed by atoms with E-state index in [9.17, 15) is 13.2 Å². The van der Waals surface area contributed by atoms with Gasteiger partial charge >= 0.3 is 0 Å². The Balaban J connectivity index is 1.30. The molecule has 174 valence electrons. The smallest absolute Gasteiger partial charge is 0.255 e. The number of aryl methyl sites for hydroxylation is 1. The van der Waals surface area contributed by atoms with Gasteiger partial charge < -0.3 is 10.2 Å². The summed E-state index contributed by atoms with van der Waals surface area (Å²) in [5.41, 5.74) is 2.92. The summed E-state index contributed by atoms with van der Waals surface area (Å²) >= 11 is 1.56. The molecule has 0 saturated carbocycles. The molecule has 34 heavy (non-hydrogen) atoms. The molecule has 5 rings (SSSR count). The number of hydrogen-bond donors (Lipinski definition) is 1. The van der Waals surface area contributed by atoms with Crippen molar-refractivity contribution in [1.29, 1.82) is 0 Å². The van der Waals surface area contributed by atoms with Crippen molar-refractivity contribution in [3.8, 4) is 0 Å². The first kappa shape index (κ1) is 22.5. The number of aromatic nitrogens is 1. The molecule has 1 aromatic heterocycles. The monoisotopic (exact) mass is 492 g/mol. The highest BCUT2D eigenvalue weighted by Crippen LogP contribution is 2.26. The minimum Gasteiger partial charge on any atom is -0.369 e. The Morgan fingerprint density at radius 2 is 1.71 bits per heavy atom. The molecule has 2 heterocycles. The molecule has 0 bridgehead atoms. The van der Waals surface area contributed by atoms with Crippen LogP contribution in [0.25, 0.3) is 10.2 Å². The fourth-order valence-electron chi connectivity index (χ4n) is 4.09. The lowest BCUT2D eigenvalue weighted by atomic mass is 10.2. The van der Waals surface area contributed by atoms with Crippen LogP contribution in [0.1, 0.15) is 15.4 Å². The largest absolute Gasteiger partial charge is 0.369 e. The molecule has 0 atom stereocenters. The molecule has 1 N–H and O–H groups in total. The van der Waals surface area contributed by atoms with Crippen LogP contribution in [0.4, 0.5) is 11.4 Å². The van der Waals surface area contributed by atoms with Crippen molar-refractivity contribution in [2.45, 2.75) is 11.8 Å². The number of para-hydroxylation sites is 1. The predicted octanol–water partition coefficient (Wildman–Crippen LogP) is 4.37. The van der Waals surface area contributed by atoms with Crippen molar-refractivity contribution in [1.82, 2.24) is 9.29 Å². The first-order chi connectivity index (χ1) is 16.4. The van der Waals surface area contributed by atoms with E-state index < -0.39 is 10.0 Å². The lowest BCUT2D eigenvalue weighted by Crippen LogP contribution is -2.48. The summed E-state index contributed by atoms with van der Waals surface area (Å²) in [7, 11) is -3.70. The van der Waals surface area contributed by atoms with Crippen molar-refractivity contribution < 1.29 is 13.2 Å². The first-order valence-electron chi connectivity index (χ1n) is 11.0. The van der Waals surface area contributed by atoms with Crippen LogP contribution in [0.2, 0.25) is 0 Å². The normalized spacial score (nSPS) is 14.9. The zero-order valence-electron chi connectivity index (χ0n) is 18.6. The number of fused-ring (bicyclic) bond motifs is 1. The molecule has 0 spiro atoms. The van der Waals surface area contributed by atoms with E-state index in [0.717, 1.165) is 20.9 Å². The Morgan fingerprint density at radius 1 is 0.941 bits per heavy atom. The topological polar surface area (TPSA) is 82.6 Å². The van der Waals surface area contributed by atoms with Crippen LogP contribution >= 0.6 is 11.3 Å². The summed E-state index contributed by atoms with van der Waals surface area (Å²) in [4.78, 5) is 19.6. The maximum atomic E-state index is 13.3. The molecule has 0 radical (unpaired) electrons. The molecule has 1 fully saturated rings. The van der Waals surface area contributed by atoms with Crippen LogP contribution in [-0.2, 0) is 10.0 Å². The maximum Gasteiger partial charge on any atom is 0.255 e.